The summed E-state index contributed by atoms with van der Waals surface area (Å²) in [4.78, 5) is 13.8. The maximum Gasteiger partial charge on any atom is 0.160 e. The number of phenols is 1. The summed E-state index contributed by atoms with van der Waals surface area (Å²) in [6.07, 6.45) is 1.31. The number of Topliss-reactive ketones (excluding diaryl/α,β-unsaturated/α-hetero) is 1. The third-order valence-corrected chi connectivity index (χ3v) is 3.29. The van der Waals surface area contributed by atoms with Crippen molar-refractivity contribution in [3.05, 3.63) is 23.8 Å². The molecule has 1 heterocycles. The fourth-order valence-corrected chi connectivity index (χ4v) is 2.20. The standard InChI is InChI=1S/C13H17NO3/c1-14-6-5-11(15)10(14)7-9-3-4-12(16)13(8-9)17-2/h3-4,8,10,16H,5-7H2,1-2H3. The predicted molar refractivity (Wildman–Crippen MR) is 64.4 cm³/mol. The van der Waals surface area contributed by atoms with Crippen LogP contribution >= 0.6 is 0 Å². The lowest BCUT2D eigenvalue weighted by atomic mass is 10.0. The molecule has 4 heteroatoms. The van der Waals surface area contributed by atoms with Crippen LogP contribution in [-0.4, -0.2) is 42.5 Å². The van der Waals surface area contributed by atoms with Crippen LogP contribution in [0.2, 0.25) is 0 Å². The second kappa shape index (κ2) is 4.75. The van der Waals surface area contributed by atoms with Crippen LogP contribution < -0.4 is 4.74 Å². The van der Waals surface area contributed by atoms with Gasteiger partial charge in [0.05, 0.1) is 13.2 Å². The van der Waals surface area contributed by atoms with Crippen molar-refractivity contribution >= 4 is 5.78 Å². The van der Waals surface area contributed by atoms with Crippen LogP contribution in [0, 0.1) is 0 Å². The molecular weight excluding hydrogens is 218 g/mol. The van der Waals surface area contributed by atoms with E-state index in [1.807, 2.05) is 13.1 Å². The minimum atomic E-state index is -0.0377. The Morgan fingerprint density at radius 3 is 2.88 bits per heavy atom. The number of likely N-dealkylation sites (N-methyl/N-ethyl adjacent to an activating group) is 1. The maximum absolute atomic E-state index is 11.7. The van der Waals surface area contributed by atoms with E-state index < -0.39 is 0 Å². The first kappa shape index (κ1) is 11.9. The van der Waals surface area contributed by atoms with Crippen LogP contribution in [0.15, 0.2) is 18.2 Å². The van der Waals surface area contributed by atoms with Crippen LogP contribution in [0.4, 0.5) is 0 Å². The number of benzene rings is 1. The van der Waals surface area contributed by atoms with Crippen LogP contribution in [0.3, 0.4) is 0 Å². The SMILES string of the molecule is COc1cc(CC2C(=O)CCN2C)ccc1O. The summed E-state index contributed by atoms with van der Waals surface area (Å²) >= 11 is 0. The molecule has 0 spiro atoms. The fraction of sp³-hybridized carbons (Fsp3) is 0.462. The van der Waals surface area contributed by atoms with Crippen molar-refractivity contribution < 1.29 is 14.6 Å². The number of ether oxygens (including phenoxy) is 1. The normalized spacial score (nSPS) is 20.8. The Kier molecular flexibility index (Phi) is 3.33. The molecule has 0 amide bonds. The van der Waals surface area contributed by atoms with Gasteiger partial charge in [-0.1, -0.05) is 6.07 Å². The number of hydrogen-bond acceptors (Lipinski definition) is 4. The van der Waals surface area contributed by atoms with Crippen molar-refractivity contribution in [2.45, 2.75) is 18.9 Å². The van der Waals surface area contributed by atoms with E-state index in [1.54, 1.807) is 12.1 Å². The zero-order chi connectivity index (χ0) is 12.4. The molecule has 92 valence electrons. The van der Waals surface area contributed by atoms with Crippen LogP contribution in [-0.2, 0) is 11.2 Å². The number of aromatic hydroxyl groups is 1. The number of likely N-dealkylation sites (tertiary alicyclic amines) is 1. The molecule has 4 nitrogen and oxygen atoms in total. The van der Waals surface area contributed by atoms with Gasteiger partial charge < -0.3 is 9.84 Å². The molecule has 1 aliphatic heterocycles. The zero-order valence-electron chi connectivity index (χ0n) is 10.1. The summed E-state index contributed by atoms with van der Waals surface area (Å²) in [7, 11) is 3.49. The van der Waals surface area contributed by atoms with E-state index in [0.717, 1.165) is 12.1 Å². The van der Waals surface area contributed by atoms with Gasteiger partial charge in [0.2, 0.25) is 0 Å². The highest BCUT2D eigenvalue weighted by Crippen LogP contribution is 2.27. The Bertz CT molecular complexity index is 431. The van der Waals surface area contributed by atoms with Gasteiger partial charge in [0.25, 0.3) is 0 Å². The van der Waals surface area contributed by atoms with Crippen LogP contribution in [0.1, 0.15) is 12.0 Å². The Labute approximate surface area is 101 Å². The number of carbonyl (C=O) groups is 1. The summed E-state index contributed by atoms with van der Waals surface area (Å²) in [6, 6.07) is 5.18. The molecule has 1 unspecified atom stereocenters. The minimum Gasteiger partial charge on any atom is -0.504 e. The van der Waals surface area contributed by atoms with E-state index in [-0.39, 0.29) is 11.8 Å². The van der Waals surface area contributed by atoms with E-state index >= 15 is 0 Å². The number of phenolic OH excluding ortho intramolecular Hbond substituents is 1. The Hall–Kier alpha value is -1.55. The van der Waals surface area contributed by atoms with Crippen molar-refractivity contribution in [3.8, 4) is 11.5 Å². The fourth-order valence-electron chi connectivity index (χ4n) is 2.20. The number of carbonyl (C=O) groups excluding carboxylic acids is 1. The van der Waals surface area contributed by atoms with Crippen LogP contribution in [0.5, 0.6) is 11.5 Å². The first-order chi connectivity index (χ1) is 8.11. The monoisotopic (exact) mass is 235 g/mol. The second-order valence-corrected chi connectivity index (χ2v) is 4.42. The van der Waals surface area contributed by atoms with E-state index in [4.69, 9.17) is 4.74 Å². The smallest absolute Gasteiger partial charge is 0.160 e. The number of hydrogen-bond donors (Lipinski definition) is 1. The first-order valence-electron chi connectivity index (χ1n) is 5.70. The maximum atomic E-state index is 11.7. The third kappa shape index (κ3) is 2.42. The average molecular weight is 235 g/mol. The highest BCUT2D eigenvalue weighted by Gasteiger charge is 2.29. The molecule has 1 N–H and O–H groups in total. The molecule has 0 bridgehead atoms. The van der Waals surface area contributed by atoms with Gasteiger partial charge in [-0.05, 0) is 31.2 Å². The van der Waals surface area contributed by atoms with E-state index in [2.05, 4.69) is 4.90 Å². The van der Waals surface area contributed by atoms with Crippen molar-refractivity contribution in [2.75, 3.05) is 20.7 Å². The second-order valence-electron chi connectivity index (χ2n) is 4.42. The molecule has 0 saturated carbocycles. The molecule has 1 aromatic carbocycles. The van der Waals surface area contributed by atoms with Gasteiger partial charge in [0, 0.05) is 13.0 Å². The highest BCUT2D eigenvalue weighted by molar-refractivity contribution is 5.86. The lowest BCUT2D eigenvalue weighted by Gasteiger charge is -2.18. The minimum absolute atomic E-state index is 0.0377. The van der Waals surface area contributed by atoms with Crippen molar-refractivity contribution in [1.29, 1.82) is 0 Å². The topological polar surface area (TPSA) is 49.8 Å². The Balaban J connectivity index is 2.16. The van der Waals surface area contributed by atoms with Gasteiger partial charge >= 0.3 is 0 Å². The summed E-state index contributed by atoms with van der Waals surface area (Å²) in [5.74, 6) is 0.873. The quantitative estimate of drug-likeness (QED) is 0.855. The molecule has 1 atom stereocenters. The Morgan fingerprint density at radius 2 is 2.29 bits per heavy atom. The van der Waals surface area contributed by atoms with E-state index in [9.17, 15) is 9.90 Å². The predicted octanol–water partition coefficient (Wildman–Crippen LogP) is 1.22. The first-order valence-corrected chi connectivity index (χ1v) is 5.70. The van der Waals surface area contributed by atoms with Crippen LogP contribution in [0.25, 0.3) is 0 Å². The van der Waals surface area contributed by atoms with Gasteiger partial charge in [-0.25, -0.2) is 0 Å². The van der Waals surface area contributed by atoms with Crippen molar-refractivity contribution in [3.63, 3.8) is 0 Å². The molecule has 1 fully saturated rings. The van der Waals surface area contributed by atoms with Gasteiger partial charge in [0.15, 0.2) is 17.3 Å². The number of ketones is 1. The van der Waals surface area contributed by atoms with Gasteiger partial charge in [0.1, 0.15) is 0 Å². The van der Waals surface area contributed by atoms with Gasteiger partial charge in [-0.15, -0.1) is 0 Å². The van der Waals surface area contributed by atoms with Gasteiger partial charge in [-0.3, -0.25) is 9.69 Å². The molecule has 1 aromatic rings. The average Bonchev–Trinajstić information content (AvgIpc) is 2.63. The molecule has 0 aromatic heterocycles. The van der Waals surface area contributed by atoms with Gasteiger partial charge in [-0.2, -0.15) is 0 Å². The van der Waals surface area contributed by atoms with Crippen molar-refractivity contribution in [1.82, 2.24) is 4.90 Å². The van der Waals surface area contributed by atoms with E-state index in [1.165, 1.54) is 7.11 Å². The molecule has 17 heavy (non-hydrogen) atoms. The third-order valence-electron chi connectivity index (χ3n) is 3.29. The molecular formula is C13H17NO3. The zero-order valence-corrected chi connectivity index (χ0v) is 10.1. The van der Waals surface area contributed by atoms with E-state index in [0.29, 0.717) is 24.4 Å². The highest BCUT2D eigenvalue weighted by atomic mass is 16.5. The molecule has 2 rings (SSSR count). The number of rotatable bonds is 3. The molecule has 0 radical (unpaired) electrons. The number of methoxy groups -OCH3 is 1. The molecule has 0 aliphatic carbocycles. The Morgan fingerprint density at radius 1 is 1.53 bits per heavy atom. The summed E-state index contributed by atoms with van der Waals surface area (Å²) in [6.45, 7) is 0.832. The summed E-state index contributed by atoms with van der Waals surface area (Å²) in [5, 5.41) is 9.50. The number of nitrogens with zero attached hydrogens (tertiary/aromatic N) is 1. The molecule has 1 saturated heterocycles. The lowest BCUT2D eigenvalue weighted by Crippen LogP contribution is -2.31. The summed E-state index contributed by atoms with van der Waals surface area (Å²) < 4.78 is 5.06. The van der Waals surface area contributed by atoms with Crippen molar-refractivity contribution in [2.24, 2.45) is 0 Å². The largest absolute Gasteiger partial charge is 0.504 e. The molecule has 1 aliphatic rings. The summed E-state index contributed by atoms with van der Waals surface area (Å²) in [5.41, 5.74) is 1.01. The lowest BCUT2D eigenvalue weighted by molar-refractivity contribution is -0.119.